The average molecular weight is 402 g/mol. The van der Waals surface area contributed by atoms with Crippen LogP contribution in [0.2, 0.25) is 0 Å². The Morgan fingerprint density at radius 2 is 2.04 bits per heavy atom. The zero-order valence-electron chi connectivity index (χ0n) is 14.7. The number of aliphatic hydroxyl groups is 1. The van der Waals surface area contributed by atoms with Crippen molar-refractivity contribution in [2.24, 2.45) is 4.99 Å². The molecular weight excluding hydrogens is 385 g/mol. The molecule has 6 nitrogen and oxygen atoms in total. The predicted molar refractivity (Wildman–Crippen MR) is 105 cm³/mol. The number of H-pyrrole nitrogens is 1. The van der Waals surface area contributed by atoms with E-state index in [4.69, 9.17) is 0 Å². The summed E-state index contributed by atoms with van der Waals surface area (Å²) in [4.78, 5) is 18.6. The van der Waals surface area contributed by atoms with Gasteiger partial charge >= 0.3 is 0 Å². The quantitative estimate of drug-likeness (QED) is 0.520. The van der Waals surface area contributed by atoms with Crippen LogP contribution in [0.5, 0.6) is 0 Å². The Hall–Kier alpha value is -2.70. The number of carbonyl (C=O) groups excluding carboxylic acids is 1. The van der Waals surface area contributed by atoms with Crippen LogP contribution >= 0.6 is 9.24 Å². The highest BCUT2D eigenvalue weighted by Crippen LogP contribution is 2.32. The van der Waals surface area contributed by atoms with Crippen LogP contribution in [0, 0.1) is 11.6 Å². The third-order valence-corrected chi connectivity index (χ3v) is 5.47. The van der Waals surface area contributed by atoms with Gasteiger partial charge < -0.3 is 10.0 Å². The molecule has 2 aromatic carbocycles. The molecule has 2 atom stereocenters. The molecule has 1 unspecified atom stereocenters. The summed E-state index contributed by atoms with van der Waals surface area (Å²) in [7, 11) is 2.28. The standard InChI is InChI=1S/C19H17F2N4O2P/c20-13-5-11(6-14(21)8-13)9-22-17(28)19(27)3-4-25(18(19)26)15-1-2-16-12(7-15)10-23-24-16/h1-2,5-8,10,27H,3-4,9,28H2,(H,23,24)/t19-/m0/s1. The first-order chi connectivity index (χ1) is 13.4. The van der Waals surface area contributed by atoms with Crippen molar-refractivity contribution in [1.82, 2.24) is 10.2 Å². The van der Waals surface area contributed by atoms with Gasteiger partial charge in [-0.25, -0.2) is 8.78 Å². The van der Waals surface area contributed by atoms with Crippen molar-refractivity contribution in [1.29, 1.82) is 0 Å². The second-order valence-electron chi connectivity index (χ2n) is 6.69. The van der Waals surface area contributed by atoms with Gasteiger partial charge in [0.25, 0.3) is 5.91 Å². The Morgan fingerprint density at radius 3 is 2.79 bits per heavy atom. The number of rotatable bonds is 4. The van der Waals surface area contributed by atoms with E-state index in [2.05, 4.69) is 24.4 Å². The average Bonchev–Trinajstić information content (AvgIpc) is 3.24. The van der Waals surface area contributed by atoms with Crippen molar-refractivity contribution >= 4 is 37.2 Å². The molecule has 2 heterocycles. The number of amides is 1. The van der Waals surface area contributed by atoms with Gasteiger partial charge in [-0.1, -0.05) is 9.24 Å². The number of fused-ring (bicyclic) bond motifs is 1. The molecule has 1 amide bonds. The summed E-state index contributed by atoms with van der Waals surface area (Å²) in [6.45, 7) is 0.269. The van der Waals surface area contributed by atoms with Crippen LogP contribution < -0.4 is 4.90 Å². The zero-order valence-corrected chi connectivity index (χ0v) is 15.8. The molecule has 0 radical (unpaired) electrons. The summed E-state index contributed by atoms with van der Waals surface area (Å²) in [5, 5.41) is 18.6. The highest BCUT2D eigenvalue weighted by Gasteiger charge is 2.48. The van der Waals surface area contributed by atoms with Gasteiger partial charge in [0, 0.05) is 30.1 Å². The predicted octanol–water partition coefficient (Wildman–Crippen LogP) is 2.78. The van der Waals surface area contributed by atoms with E-state index in [0.717, 1.165) is 29.1 Å². The van der Waals surface area contributed by atoms with Crippen molar-refractivity contribution in [3.63, 3.8) is 0 Å². The van der Waals surface area contributed by atoms with Crippen LogP contribution in [0.1, 0.15) is 12.0 Å². The van der Waals surface area contributed by atoms with Crippen LogP contribution in [0.4, 0.5) is 14.5 Å². The second kappa shape index (κ2) is 7.04. The van der Waals surface area contributed by atoms with E-state index < -0.39 is 23.1 Å². The summed E-state index contributed by atoms with van der Waals surface area (Å²) in [5.41, 5.74) is 0.172. The monoisotopic (exact) mass is 402 g/mol. The SMILES string of the molecule is O=C1N(c2ccc3[nH]ncc3c2)CC[C@]1(O)C(P)=NCc1cc(F)cc(F)c1. The number of aromatic nitrogens is 2. The first kappa shape index (κ1) is 18.7. The smallest absolute Gasteiger partial charge is 0.265 e. The van der Waals surface area contributed by atoms with E-state index in [1.54, 1.807) is 12.3 Å². The molecule has 3 aromatic rings. The van der Waals surface area contributed by atoms with Gasteiger partial charge in [0.15, 0.2) is 5.60 Å². The maximum absolute atomic E-state index is 13.3. The second-order valence-corrected chi connectivity index (χ2v) is 7.23. The Balaban J connectivity index is 1.56. The largest absolute Gasteiger partial charge is 0.374 e. The number of carbonyl (C=O) groups is 1. The lowest BCUT2D eigenvalue weighted by Gasteiger charge is -2.22. The number of aliphatic imine (C=N–C) groups is 1. The fraction of sp³-hybridized carbons (Fsp3) is 0.211. The summed E-state index contributed by atoms with van der Waals surface area (Å²) >= 11 is 0. The first-order valence-electron chi connectivity index (χ1n) is 8.60. The van der Waals surface area contributed by atoms with E-state index in [1.807, 2.05) is 12.1 Å². The van der Waals surface area contributed by atoms with Gasteiger partial charge in [0.05, 0.1) is 23.7 Å². The van der Waals surface area contributed by atoms with E-state index >= 15 is 0 Å². The lowest BCUT2D eigenvalue weighted by Crippen LogP contribution is -2.44. The normalized spacial score (nSPS) is 20.4. The number of benzene rings is 2. The molecule has 1 aliphatic heterocycles. The van der Waals surface area contributed by atoms with Crippen LogP contribution in [0.25, 0.3) is 10.9 Å². The molecule has 0 aliphatic carbocycles. The molecule has 1 aliphatic rings. The molecule has 0 bridgehead atoms. The maximum atomic E-state index is 13.3. The number of aromatic amines is 1. The number of nitrogens with zero attached hydrogens (tertiary/aromatic N) is 3. The lowest BCUT2D eigenvalue weighted by atomic mass is 10.0. The Morgan fingerprint density at radius 1 is 1.29 bits per heavy atom. The van der Waals surface area contributed by atoms with E-state index in [1.165, 1.54) is 4.90 Å². The van der Waals surface area contributed by atoms with E-state index in [9.17, 15) is 18.7 Å². The van der Waals surface area contributed by atoms with E-state index in [0.29, 0.717) is 17.8 Å². The van der Waals surface area contributed by atoms with Crippen LogP contribution in [0.3, 0.4) is 0 Å². The van der Waals surface area contributed by atoms with E-state index in [-0.39, 0.29) is 18.4 Å². The fourth-order valence-corrected chi connectivity index (χ4v) is 3.66. The highest BCUT2D eigenvalue weighted by atomic mass is 31.0. The number of hydrogen-bond acceptors (Lipinski definition) is 4. The minimum Gasteiger partial charge on any atom is -0.374 e. The summed E-state index contributed by atoms with van der Waals surface area (Å²) < 4.78 is 26.6. The van der Waals surface area contributed by atoms with Crippen LogP contribution in [-0.4, -0.2) is 38.8 Å². The molecule has 28 heavy (non-hydrogen) atoms. The van der Waals surface area contributed by atoms with Crippen molar-refractivity contribution in [2.75, 3.05) is 11.4 Å². The molecular formula is C19H17F2N4O2P. The zero-order chi connectivity index (χ0) is 19.9. The number of anilines is 1. The number of halogens is 2. The Labute approximate surface area is 161 Å². The van der Waals surface area contributed by atoms with Gasteiger partial charge in [0.1, 0.15) is 11.6 Å². The van der Waals surface area contributed by atoms with Gasteiger partial charge in [-0.15, -0.1) is 0 Å². The molecule has 1 aromatic heterocycles. The molecule has 4 rings (SSSR count). The summed E-state index contributed by atoms with van der Waals surface area (Å²) in [6.07, 6.45) is 1.82. The molecule has 144 valence electrons. The summed E-state index contributed by atoms with van der Waals surface area (Å²) in [5.74, 6) is -1.89. The van der Waals surface area contributed by atoms with Gasteiger partial charge in [-0.05, 0) is 35.9 Å². The van der Waals surface area contributed by atoms with Crippen molar-refractivity contribution < 1.29 is 18.7 Å². The van der Waals surface area contributed by atoms with Crippen LogP contribution in [0.15, 0.2) is 47.6 Å². The minimum absolute atomic E-state index is 0.0515. The lowest BCUT2D eigenvalue weighted by molar-refractivity contribution is -0.127. The minimum atomic E-state index is -1.78. The Kier molecular flexibility index (Phi) is 4.69. The first-order valence-corrected chi connectivity index (χ1v) is 9.17. The van der Waals surface area contributed by atoms with Crippen molar-refractivity contribution in [2.45, 2.75) is 18.6 Å². The molecule has 1 fully saturated rings. The molecule has 1 saturated heterocycles. The van der Waals surface area contributed by atoms with Gasteiger partial charge in [-0.3, -0.25) is 14.9 Å². The van der Waals surface area contributed by atoms with Crippen molar-refractivity contribution in [3.8, 4) is 0 Å². The van der Waals surface area contributed by atoms with Crippen LogP contribution in [-0.2, 0) is 11.3 Å². The third kappa shape index (κ3) is 3.30. The van der Waals surface area contributed by atoms with Crippen molar-refractivity contribution in [3.05, 3.63) is 59.8 Å². The molecule has 0 saturated carbocycles. The fourth-order valence-electron chi connectivity index (χ4n) is 3.30. The molecule has 2 N–H and O–H groups in total. The van der Waals surface area contributed by atoms with Gasteiger partial charge in [0.2, 0.25) is 0 Å². The topological polar surface area (TPSA) is 81.6 Å². The number of hydrogen-bond donors (Lipinski definition) is 2. The third-order valence-electron chi connectivity index (χ3n) is 4.81. The number of nitrogens with one attached hydrogen (secondary N) is 1. The molecule has 9 heteroatoms. The maximum Gasteiger partial charge on any atom is 0.265 e. The van der Waals surface area contributed by atoms with Gasteiger partial charge in [-0.2, -0.15) is 5.10 Å². The molecule has 0 spiro atoms. The Bertz CT molecular complexity index is 1080. The summed E-state index contributed by atoms with van der Waals surface area (Å²) in [6, 6.07) is 8.51. The highest BCUT2D eigenvalue weighted by molar-refractivity contribution is 7.41.